The van der Waals surface area contributed by atoms with E-state index in [1.54, 1.807) is 0 Å². The van der Waals surface area contributed by atoms with Crippen molar-refractivity contribution < 1.29 is 51.9 Å². The van der Waals surface area contributed by atoms with Gasteiger partial charge in [-0.1, -0.05) is 6.07 Å². The Morgan fingerprint density at radius 1 is 0.917 bits per heavy atom. The zero-order valence-corrected chi connectivity index (χ0v) is 22.1. The summed E-state index contributed by atoms with van der Waals surface area (Å²) in [6.07, 6.45) is 1.83. The second-order valence-corrected chi connectivity index (χ2v) is 9.65. The average molecular weight is 587 g/mol. The van der Waals surface area contributed by atoms with E-state index in [1.165, 1.54) is 0 Å². The van der Waals surface area contributed by atoms with E-state index in [1.807, 2.05) is 41.5 Å². The van der Waals surface area contributed by atoms with Crippen LogP contribution < -0.4 is 5.11 Å². The van der Waals surface area contributed by atoms with Crippen LogP contribution in [0.15, 0.2) is 36.5 Å². The number of carbonyl (C=O) groups excluding carboxylic acids is 1. The molecule has 0 unspecified atom stereocenters. The Hall–Kier alpha value is -2.48. The molecule has 0 aliphatic rings. The van der Waals surface area contributed by atoms with Crippen molar-refractivity contribution in [2.24, 2.45) is 0 Å². The first-order valence-electron chi connectivity index (χ1n) is 10.1. The predicted molar refractivity (Wildman–Crippen MR) is 117 cm³/mol. The normalized spacial score (nSPS) is 12.8. The SMILES string of the molecule is CC(=O)[O-].Cc1cc(C)n(CN(Cc2ccccn2)Cn2nc(C)cc2C)n1.F[P-](F)(F)(F)(F)F.[Co+2]. The molecular formula is C20H27CoF6N6O2P. The molecule has 0 amide bonds. The number of aryl methyl sites for hydroxylation is 4. The van der Waals surface area contributed by atoms with Gasteiger partial charge < -0.3 is 9.90 Å². The molecule has 0 N–H and O–H groups in total. The fourth-order valence-corrected chi connectivity index (χ4v) is 2.88. The molecule has 0 aromatic carbocycles. The quantitative estimate of drug-likeness (QED) is 0.299. The third kappa shape index (κ3) is 17.0. The van der Waals surface area contributed by atoms with E-state index in [9.17, 15) is 25.2 Å². The van der Waals surface area contributed by atoms with Gasteiger partial charge in [-0.3, -0.25) is 19.2 Å². The molecule has 3 heterocycles. The Morgan fingerprint density at radius 3 is 1.58 bits per heavy atom. The van der Waals surface area contributed by atoms with Gasteiger partial charge in [0, 0.05) is 30.1 Å². The minimum atomic E-state index is -10.7. The Kier molecular flexibility index (Phi) is 11.3. The van der Waals surface area contributed by atoms with Gasteiger partial charge in [-0.25, -0.2) is 0 Å². The maximum Gasteiger partial charge on any atom is 2.00 e. The summed E-state index contributed by atoms with van der Waals surface area (Å²) in [7, 11) is -10.7. The van der Waals surface area contributed by atoms with Crippen molar-refractivity contribution in [3.8, 4) is 0 Å². The zero-order chi connectivity index (χ0) is 27.1. The molecule has 0 saturated heterocycles. The van der Waals surface area contributed by atoms with Crippen molar-refractivity contribution in [1.29, 1.82) is 0 Å². The molecule has 3 aromatic rings. The van der Waals surface area contributed by atoms with Gasteiger partial charge in [0.25, 0.3) is 0 Å². The first-order chi connectivity index (χ1) is 15.7. The third-order valence-corrected chi connectivity index (χ3v) is 3.99. The van der Waals surface area contributed by atoms with Crippen LogP contribution in [0.2, 0.25) is 0 Å². The van der Waals surface area contributed by atoms with Crippen molar-refractivity contribution in [3.63, 3.8) is 0 Å². The molecule has 0 atom stereocenters. The van der Waals surface area contributed by atoms with Crippen LogP contribution in [-0.2, 0) is 41.5 Å². The van der Waals surface area contributed by atoms with Crippen LogP contribution in [0.1, 0.15) is 35.4 Å². The molecule has 0 aliphatic carbocycles. The van der Waals surface area contributed by atoms with Gasteiger partial charge >= 0.3 is 49.8 Å². The van der Waals surface area contributed by atoms with Gasteiger partial charge in [0.1, 0.15) is 0 Å². The van der Waals surface area contributed by atoms with Gasteiger partial charge in [-0.2, -0.15) is 10.2 Å². The maximum atomic E-state index is 9.87. The molecule has 0 aliphatic heterocycles. The summed E-state index contributed by atoms with van der Waals surface area (Å²) in [5.74, 6) is -1.08. The number of nitrogens with zero attached hydrogens (tertiary/aromatic N) is 6. The van der Waals surface area contributed by atoms with Crippen LogP contribution in [0, 0.1) is 27.7 Å². The van der Waals surface area contributed by atoms with Gasteiger partial charge in [0.2, 0.25) is 0 Å². The number of aliphatic carboxylic acids is 1. The minimum absolute atomic E-state index is 0. The van der Waals surface area contributed by atoms with Crippen molar-refractivity contribution in [2.45, 2.75) is 54.5 Å². The molecule has 0 bridgehead atoms. The number of carboxylic acids is 1. The molecule has 3 rings (SSSR count). The van der Waals surface area contributed by atoms with Gasteiger partial charge in [-0.15, -0.1) is 0 Å². The van der Waals surface area contributed by atoms with Crippen molar-refractivity contribution in [3.05, 3.63) is 65.0 Å². The van der Waals surface area contributed by atoms with Gasteiger partial charge in [0.05, 0.1) is 30.4 Å². The summed E-state index contributed by atoms with van der Waals surface area (Å²) in [6, 6.07) is 10.2. The smallest absolute Gasteiger partial charge is 2.00 e. The zero-order valence-electron chi connectivity index (χ0n) is 20.1. The van der Waals surface area contributed by atoms with E-state index in [2.05, 4.69) is 52.1 Å². The van der Waals surface area contributed by atoms with Crippen LogP contribution in [0.25, 0.3) is 0 Å². The summed E-state index contributed by atoms with van der Waals surface area (Å²) in [5.41, 5.74) is 5.44. The van der Waals surface area contributed by atoms with Crippen molar-refractivity contribution in [2.75, 3.05) is 0 Å². The van der Waals surface area contributed by atoms with Gasteiger partial charge in [-0.05, 0) is 58.9 Å². The second kappa shape index (κ2) is 12.2. The van der Waals surface area contributed by atoms with E-state index in [-0.39, 0.29) is 16.8 Å². The van der Waals surface area contributed by atoms with E-state index in [4.69, 9.17) is 9.90 Å². The average Bonchev–Trinajstić information content (AvgIpc) is 3.12. The Balaban J connectivity index is 0.000000864. The minimum Gasteiger partial charge on any atom is 2.00 e. The molecule has 205 valence electrons. The van der Waals surface area contributed by atoms with Crippen molar-refractivity contribution >= 4 is 13.8 Å². The van der Waals surface area contributed by atoms with E-state index >= 15 is 0 Å². The Morgan fingerprint density at radius 2 is 1.31 bits per heavy atom. The molecule has 0 fully saturated rings. The van der Waals surface area contributed by atoms with Crippen LogP contribution in [-0.4, -0.2) is 35.4 Å². The summed E-state index contributed by atoms with van der Waals surface area (Å²) < 4.78 is 63.3. The van der Waals surface area contributed by atoms with Gasteiger partial charge in [0.15, 0.2) is 0 Å². The van der Waals surface area contributed by atoms with Crippen LogP contribution in [0.5, 0.6) is 0 Å². The fourth-order valence-electron chi connectivity index (χ4n) is 2.88. The number of rotatable bonds is 6. The molecule has 16 heteroatoms. The Labute approximate surface area is 214 Å². The monoisotopic (exact) mass is 587 g/mol. The number of halogens is 6. The first-order valence-corrected chi connectivity index (χ1v) is 12.1. The molecule has 0 saturated carbocycles. The van der Waals surface area contributed by atoms with Crippen LogP contribution in [0.4, 0.5) is 25.2 Å². The predicted octanol–water partition coefficient (Wildman–Crippen LogP) is 4.96. The second-order valence-electron chi connectivity index (χ2n) is 7.74. The summed E-state index contributed by atoms with van der Waals surface area (Å²) in [5, 5.41) is 18.1. The first kappa shape index (κ1) is 33.5. The number of carboxylic acid groups (broad SMARTS) is 1. The number of hydrogen-bond acceptors (Lipinski definition) is 6. The molecule has 8 nitrogen and oxygen atoms in total. The Bertz CT molecular complexity index is 1060. The van der Waals surface area contributed by atoms with E-state index in [0.717, 1.165) is 41.9 Å². The molecular weight excluding hydrogens is 560 g/mol. The number of pyridine rings is 1. The topological polar surface area (TPSA) is 91.9 Å². The molecule has 3 aromatic heterocycles. The molecule has 1 radical (unpaired) electrons. The molecule has 36 heavy (non-hydrogen) atoms. The van der Waals surface area contributed by atoms with Crippen LogP contribution >= 0.6 is 7.81 Å². The van der Waals surface area contributed by atoms with Crippen molar-refractivity contribution in [1.82, 2.24) is 29.4 Å². The number of carbonyl (C=O) groups is 1. The van der Waals surface area contributed by atoms with Crippen LogP contribution in [0.3, 0.4) is 0 Å². The summed E-state index contributed by atoms with van der Waals surface area (Å²) in [4.78, 5) is 15.6. The third-order valence-electron chi connectivity index (χ3n) is 3.99. The fraction of sp³-hybridized carbons (Fsp3) is 0.400. The standard InChI is InChI=1S/C18H24N6.C2H4O2.Co.F6P/c1-14-9-16(3)23(20-14)12-22(11-18-7-5-6-8-19-18)13-24-17(4)10-15(2)21-24;1-2(3)4;;1-7(2,3,4,5)6/h5-10H,11-13H2,1-4H3;1H3,(H,3,4);;/q;;+2;-1/p-1. The van der Waals surface area contributed by atoms with E-state index in [0.29, 0.717) is 13.3 Å². The maximum absolute atomic E-state index is 10.7. The molecule has 0 spiro atoms. The van der Waals surface area contributed by atoms with E-state index < -0.39 is 13.8 Å². The number of hydrogen-bond donors (Lipinski definition) is 0. The number of aromatic nitrogens is 5. The summed E-state index contributed by atoms with van der Waals surface area (Å²) >= 11 is 0. The largest absolute Gasteiger partial charge is 2.00 e. The summed E-state index contributed by atoms with van der Waals surface area (Å²) in [6.45, 7) is 11.3.